The van der Waals surface area contributed by atoms with Crippen LogP contribution in [-0.4, -0.2) is 28.9 Å². The van der Waals surface area contributed by atoms with E-state index < -0.39 is 18.7 Å². The van der Waals surface area contributed by atoms with Crippen molar-refractivity contribution in [1.29, 1.82) is 0 Å². The van der Waals surface area contributed by atoms with Crippen molar-refractivity contribution in [3.05, 3.63) is 83.9 Å². The minimum Gasteiger partial charge on any atom is -0.507 e. The Kier molecular flexibility index (Phi) is 4.75. The predicted octanol–water partition coefficient (Wildman–Crippen LogP) is 4.38. The van der Waals surface area contributed by atoms with Crippen molar-refractivity contribution in [2.75, 3.05) is 6.79 Å². The molecule has 0 saturated heterocycles. The summed E-state index contributed by atoms with van der Waals surface area (Å²) in [6, 6.07) is 20.4. The monoisotopic (exact) mass is 388 g/mol. The number of fused-ring (bicyclic) bond motifs is 2. The Labute approximate surface area is 165 Å². The fraction of sp³-hybridized carbons (Fsp3) is 0.0435. The molecule has 0 spiro atoms. The van der Waals surface area contributed by atoms with E-state index >= 15 is 0 Å². The fourth-order valence-corrected chi connectivity index (χ4v) is 3.08. The van der Waals surface area contributed by atoms with E-state index in [1.807, 2.05) is 36.4 Å². The molecule has 0 atom stereocenters. The molecule has 0 unspecified atom stereocenters. The van der Waals surface area contributed by atoms with Gasteiger partial charge in [0.2, 0.25) is 6.79 Å². The normalized spacial score (nSPS) is 10.8. The van der Waals surface area contributed by atoms with Crippen LogP contribution >= 0.6 is 0 Å². The lowest BCUT2D eigenvalue weighted by molar-refractivity contribution is -0.0169. The highest BCUT2D eigenvalue weighted by molar-refractivity contribution is 5.99. The first kappa shape index (κ1) is 18.3. The average molecular weight is 388 g/mol. The summed E-state index contributed by atoms with van der Waals surface area (Å²) in [7, 11) is 0. The molecule has 29 heavy (non-hydrogen) atoms. The first-order chi connectivity index (χ1) is 14.0. The number of carbonyl (C=O) groups is 2. The van der Waals surface area contributed by atoms with E-state index in [1.54, 1.807) is 12.1 Å². The molecule has 0 aromatic heterocycles. The second-order valence-electron chi connectivity index (χ2n) is 6.41. The van der Waals surface area contributed by atoms with E-state index in [0.717, 1.165) is 21.5 Å². The average Bonchev–Trinajstić information content (AvgIpc) is 2.72. The maximum absolute atomic E-state index is 12.2. The van der Waals surface area contributed by atoms with Gasteiger partial charge in [-0.05, 0) is 45.8 Å². The summed E-state index contributed by atoms with van der Waals surface area (Å²) in [5.74, 6) is -2.12. The Bertz CT molecular complexity index is 1150. The molecule has 0 radical (unpaired) electrons. The summed E-state index contributed by atoms with van der Waals surface area (Å²) >= 11 is 0. The van der Waals surface area contributed by atoms with Gasteiger partial charge in [-0.1, -0.05) is 48.5 Å². The van der Waals surface area contributed by atoms with Gasteiger partial charge >= 0.3 is 11.9 Å². The molecule has 144 valence electrons. The van der Waals surface area contributed by atoms with Gasteiger partial charge in [-0.3, -0.25) is 0 Å². The highest BCUT2D eigenvalue weighted by Crippen LogP contribution is 2.27. The zero-order valence-electron chi connectivity index (χ0n) is 15.2. The van der Waals surface area contributed by atoms with Gasteiger partial charge in [0.15, 0.2) is 0 Å². The highest BCUT2D eigenvalue weighted by atomic mass is 16.7. The molecular formula is C23H16O6. The lowest BCUT2D eigenvalue weighted by Gasteiger charge is -2.10. The van der Waals surface area contributed by atoms with Crippen LogP contribution in [-0.2, 0) is 9.47 Å². The van der Waals surface area contributed by atoms with Crippen LogP contribution in [0.3, 0.4) is 0 Å². The zero-order valence-corrected chi connectivity index (χ0v) is 15.2. The van der Waals surface area contributed by atoms with Crippen LogP contribution in [0, 0.1) is 0 Å². The number of aromatic hydroxyl groups is 2. The van der Waals surface area contributed by atoms with Crippen molar-refractivity contribution < 1.29 is 29.3 Å². The second-order valence-corrected chi connectivity index (χ2v) is 6.41. The lowest BCUT2D eigenvalue weighted by Crippen LogP contribution is -2.13. The molecule has 4 aromatic rings. The summed E-state index contributed by atoms with van der Waals surface area (Å²) in [5, 5.41) is 23.2. The third-order valence-corrected chi connectivity index (χ3v) is 4.55. The standard InChI is InChI=1S/C23H16O6/c24-20-11-16-7-3-1-5-14(16)9-18(20)22(26)28-13-29-23(27)19-10-15-6-2-4-8-17(15)12-21(19)25/h1-12,24-25H,13H2. The number of hydrogen-bond acceptors (Lipinski definition) is 6. The Balaban J connectivity index is 1.45. The van der Waals surface area contributed by atoms with Crippen molar-refractivity contribution in [3.8, 4) is 11.5 Å². The topological polar surface area (TPSA) is 93.1 Å². The molecule has 0 bridgehead atoms. The molecule has 0 heterocycles. The number of carbonyl (C=O) groups excluding carboxylic acids is 2. The molecule has 0 amide bonds. The Morgan fingerprint density at radius 3 is 1.34 bits per heavy atom. The van der Waals surface area contributed by atoms with Crippen LogP contribution in [0.2, 0.25) is 0 Å². The molecule has 6 nitrogen and oxygen atoms in total. The first-order valence-corrected chi connectivity index (χ1v) is 8.81. The summed E-state index contributed by atoms with van der Waals surface area (Å²) in [6.07, 6.45) is 0. The summed E-state index contributed by atoms with van der Waals surface area (Å²) in [4.78, 5) is 24.5. The van der Waals surface area contributed by atoms with E-state index in [9.17, 15) is 19.8 Å². The van der Waals surface area contributed by atoms with Gasteiger partial charge in [-0.2, -0.15) is 0 Å². The number of benzene rings is 4. The molecule has 0 fully saturated rings. The molecule has 4 aromatic carbocycles. The molecule has 2 N–H and O–H groups in total. The van der Waals surface area contributed by atoms with Crippen LogP contribution < -0.4 is 0 Å². The number of phenolic OH excluding ortho intramolecular Hbond substituents is 2. The quantitative estimate of drug-likeness (QED) is 0.398. The van der Waals surface area contributed by atoms with Gasteiger partial charge in [0.25, 0.3) is 0 Å². The van der Waals surface area contributed by atoms with Gasteiger partial charge in [0, 0.05) is 0 Å². The molecular weight excluding hydrogens is 372 g/mol. The van der Waals surface area contributed by atoms with Crippen LogP contribution in [0.4, 0.5) is 0 Å². The van der Waals surface area contributed by atoms with E-state index in [2.05, 4.69) is 0 Å². The number of phenols is 2. The Hall–Kier alpha value is -4.06. The smallest absolute Gasteiger partial charge is 0.344 e. The van der Waals surface area contributed by atoms with E-state index in [4.69, 9.17) is 9.47 Å². The Morgan fingerprint density at radius 1 is 0.621 bits per heavy atom. The third kappa shape index (κ3) is 3.68. The molecule has 4 rings (SSSR count). The summed E-state index contributed by atoms with van der Waals surface area (Å²) < 4.78 is 9.91. The van der Waals surface area contributed by atoms with Crippen LogP contribution in [0.25, 0.3) is 21.5 Å². The summed E-state index contributed by atoms with van der Waals surface area (Å²) in [5.41, 5.74) is -0.0680. The van der Waals surface area contributed by atoms with Crippen LogP contribution in [0.15, 0.2) is 72.8 Å². The van der Waals surface area contributed by atoms with E-state index in [1.165, 1.54) is 24.3 Å². The Morgan fingerprint density at radius 2 is 0.966 bits per heavy atom. The number of ether oxygens (including phenoxy) is 2. The van der Waals surface area contributed by atoms with Gasteiger partial charge < -0.3 is 19.7 Å². The van der Waals surface area contributed by atoms with Crippen molar-refractivity contribution >= 4 is 33.5 Å². The minimum atomic E-state index is -0.830. The SMILES string of the molecule is O=C(OCOC(=O)c1cc2ccccc2cc1O)c1cc2ccccc2cc1O. The number of esters is 2. The number of hydrogen-bond donors (Lipinski definition) is 2. The predicted molar refractivity (Wildman–Crippen MR) is 107 cm³/mol. The van der Waals surface area contributed by atoms with Crippen molar-refractivity contribution in [2.24, 2.45) is 0 Å². The highest BCUT2D eigenvalue weighted by Gasteiger charge is 2.17. The molecule has 0 aliphatic heterocycles. The second kappa shape index (κ2) is 7.52. The van der Waals surface area contributed by atoms with E-state index in [0.29, 0.717) is 0 Å². The zero-order chi connectivity index (χ0) is 20.4. The first-order valence-electron chi connectivity index (χ1n) is 8.81. The molecule has 0 aliphatic rings. The van der Waals surface area contributed by atoms with E-state index in [-0.39, 0.29) is 22.6 Å². The van der Waals surface area contributed by atoms with Crippen molar-refractivity contribution in [2.45, 2.75) is 0 Å². The van der Waals surface area contributed by atoms with Crippen LogP contribution in [0.5, 0.6) is 11.5 Å². The van der Waals surface area contributed by atoms with Gasteiger partial charge in [-0.25, -0.2) is 9.59 Å². The van der Waals surface area contributed by atoms with Gasteiger partial charge in [0.05, 0.1) is 0 Å². The largest absolute Gasteiger partial charge is 0.507 e. The van der Waals surface area contributed by atoms with Crippen molar-refractivity contribution in [1.82, 2.24) is 0 Å². The lowest BCUT2D eigenvalue weighted by atomic mass is 10.1. The van der Waals surface area contributed by atoms with Gasteiger partial charge in [0.1, 0.15) is 22.6 Å². The molecule has 0 aliphatic carbocycles. The maximum atomic E-state index is 12.2. The summed E-state index contributed by atoms with van der Waals surface area (Å²) in [6.45, 7) is -0.657. The van der Waals surface area contributed by atoms with Crippen molar-refractivity contribution in [3.63, 3.8) is 0 Å². The fourth-order valence-electron chi connectivity index (χ4n) is 3.08. The number of rotatable bonds is 4. The molecule has 6 heteroatoms. The minimum absolute atomic E-state index is 0.0340. The third-order valence-electron chi connectivity index (χ3n) is 4.55. The van der Waals surface area contributed by atoms with Crippen LogP contribution in [0.1, 0.15) is 20.7 Å². The van der Waals surface area contributed by atoms with Gasteiger partial charge in [-0.15, -0.1) is 0 Å². The molecule has 0 saturated carbocycles. The maximum Gasteiger partial charge on any atom is 0.344 e.